The molecule has 0 aromatic heterocycles. The number of nitrogens with zero attached hydrogens (tertiary/aromatic N) is 1. The summed E-state index contributed by atoms with van der Waals surface area (Å²) in [5.41, 5.74) is -0.555. The van der Waals surface area contributed by atoms with Crippen molar-refractivity contribution in [3.63, 3.8) is 0 Å². The summed E-state index contributed by atoms with van der Waals surface area (Å²) in [6, 6.07) is 5.29. The minimum atomic E-state index is -1.92. The van der Waals surface area contributed by atoms with Crippen LogP contribution in [0.25, 0.3) is 0 Å². The Kier molecular flexibility index (Phi) is 2.91. The van der Waals surface area contributed by atoms with E-state index in [9.17, 15) is 19.3 Å². The molecule has 0 aliphatic heterocycles. The van der Waals surface area contributed by atoms with E-state index in [0.717, 1.165) is 6.92 Å². The molecule has 0 N–H and O–H groups in total. The van der Waals surface area contributed by atoms with Gasteiger partial charge in [-0.1, -0.05) is 12.1 Å². The van der Waals surface area contributed by atoms with Crippen LogP contribution < -0.4 is 0 Å². The molecule has 0 heterocycles. The van der Waals surface area contributed by atoms with E-state index < -0.39 is 16.9 Å². The third-order valence-electron chi connectivity index (χ3n) is 1.76. The van der Waals surface area contributed by atoms with Crippen LogP contribution in [0.15, 0.2) is 24.3 Å². The fourth-order valence-corrected chi connectivity index (χ4v) is 1.09. The van der Waals surface area contributed by atoms with Gasteiger partial charge in [-0.2, -0.15) is 0 Å². The Morgan fingerprint density at radius 2 is 2.07 bits per heavy atom. The smallest absolute Gasteiger partial charge is 0.275 e. The van der Waals surface area contributed by atoms with E-state index in [4.69, 9.17) is 0 Å². The van der Waals surface area contributed by atoms with E-state index in [2.05, 4.69) is 0 Å². The molecule has 0 saturated heterocycles. The van der Waals surface area contributed by atoms with Crippen molar-refractivity contribution in [3.8, 4) is 0 Å². The summed E-state index contributed by atoms with van der Waals surface area (Å²) in [5.74, 6) is -0.737. The molecule has 5 heteroatoms. The maximum absolute atomic E-state index is 13.2. The standard InChI is InChI=1S/C9H8FNO3/c1-6(12)9(10)7-4-2-3-5-8(7)11(13)14/h2-5,9H,1H3. The van der Waals surface area contributed by atoms with Crippen molar-refractivity contribution in [3.05, 3.63) is 39.9 Å². The summed E-state index contributed by atoms with van der Waals surface area (Å²) in [7, 11) is 0. The molecule has 1 atom stereocenters. The Bertz CT molecular complexity index is 378. The van der Waals surface area contributed by atoms with Crippen LogP contribution in [0.2, 0.25) is 0 Å². The van der Waals surface area contributed by atoms with Crippen LogP contribution in [0.4, 0.5) is 10.1 Å². The highest BCUT2D eigenvalue weighted by Crippen LogP contribution is 2.27. The number of nitro groups is 1. The number of nitro benzene ring substituents is 1. The summed E-state index contributed by atoms with van der Waals surface area (Å²) < 4.78 is 13.2. The second-order valence-corrected chi connectivity index (χ2v) is 2.79. The number of benzene rings is 1. The molecule has 0 spiro atoms. The summed E-state index contributed by atoms with van der Waals surface area (Å²) >= 11 is 0. The maximum atomic E-state index is 13.2. The lowest BCUT2D eigenvalue weighted by Gasteiger charge is -2.04. The van der Waals surface area contributed by atoms with Crippen molar-refractivity contribution < 1.29 is 14.1 Å². The van der Waals surface area contributed by atoms with Crippen LogP contribution in [0, 0.1) is 10.1 Å². The predicted octanol–water partition coefficient (Wildman–Crippen LogP) is 2.19. The van der Waals surface area contributed by atoms with E-state index in [-0.39, 0.29) is 11.3 Å². The quantitative estimate of drug-likeness (QED) is 0.551. The van der Waals surface area contributed by atoms with Crippen molar-refractivity contribution in [2.24, 2.45) is 0 Å². The Morgan fingerprint density at radius 3 is 2.57 bits per heavy atom. The number of para-hydroxylation sites is 1. The second kappa shape index (κ2) is 3.95. The van der Waals surface area contributed by atoms with Gasteiger partial charge in [0, 0.05) is 6.07 Å². The van der Waals surface area contributed by atoms with Gasteiger partial charge in [0.15, 0.2) is 12.0 Å². The molecule has 0 saturated carbocycles. The van der Waals surface area contributed by atoms with Crippen molar-refractivity contribution in [1.29, 1.82) is 0 Å². The molecule has 0 amide bonds. The van der Waals surface area contributed by atoms with E-state index in [0.29, 0.717) is 0 Å². The first-order valence-corrected chi connectivity index (χ1v) is 3.92. The van der Waals surface area contributed by atoms with Gasteiger partial charge in [0.2, 0.25) is 0 Å². The van der Waals surface area contributed by atoms with Crippen LogP contribution in [-0.4, -0.2) is 10.7 Å². The predicted molar refractivity (Wildman–Crippen MR) is 47.6 cm³/mol. The zero-order valence-corrected chi connectivity index (χ0v) is 7.44. The number of carbonyl (C=O) groups is 1. The third kappa shape index (κ3) is 1.93. The summed E-state index contributed by atoms with van der Waals surface area (Å²) in [6.45, 7) is 1.06. The van der Waals surface area contributed by atoms with E-state index in [1.54, 1.807) is 0 Å². The van der Waals surface area contributed by atoms with Crippen LogP contribution in [-0.2, 0) is 4.79 Å². The average Bonchev–Trinajstić information content (AvgIpc) is 2.16. The molecule has 74 valence electrons. The lowest BCUT2D eigenvalue weighted by molar-refractivity contribution is -0.385. The fourth-order valence-electron chi connectivity index (χ4n) is 1.09. The van der Waals surface area contributed by atoms with E-state index >= 15 is 0 Å². The number of hydrogen-bond acceptors (Lipinski definition) is 3. The highest BCUT2D eigenvalue weighted by molar-refractivity contribution is 5.82. The number of alkyl halides is 1. The number of hydrogen-bond donors (Lipinski definition) is 0. The Hall–Kier alpha value is -1.78. The average molecular weight is 197 g/mol. The van der Waals surface area contributed by atoms with Gasteiger partial charge >= 0.3 is 0 Å². The van der Waals surface area contributed by atoms with Gasteiger partial charge in [0.05, 0.1) is 10.5 Å². The lowest BCUT2D eigenvalue weighted by Crippen LogP contribution is -2.05. The van der Waals surface area contributed by atoms with Crippen molar-refractivity contribution in [2.75, 3.05) is 0 Å². The maximum Gasteiger partial charge on any atom is 0.275 e. The fraction of sp³-hybridized carbons (Fsp3) is 0.222. The van der Waals surface area contributed by atoms with E-state index in [1.807, 2.05) is 0 Å². The Labute approximate surface area is 79.5 Å². The second-order valence-electron chi connectivity index (χ2n) is 2.79. The van der Waals surface area contributed by atoms with Gasteiger partial charge in [-0.15, -0.1) is 0 Å². The number of ketones is 1. The molecule has 1 rings (SSSR count). The van der Waals surface area contributed by atoms with Crippen LogP contribution in [0.3, 0.4) is 0 Å². The highest BCUT2D eigenvalue weighted by atomic mass is 19.1. The molecule has 4 nitrogen and oxygen atoms in total. The van der Waals surface area contributed by atoms with Crippen LogP contribution in [0.5, 0.6) is 0 Å². The number of Topliss-reactive ketones (excluding diaryl/α,β-unsaturated/α-hetero) is 1. The number of halogens is 1. The largest absolute Gasteiger partial charge is 0.296 e. The Morgan fingerprint density at radius 1 is 1.50 bits per heavy atom. The first-order chi connectivity index (χ1) is 6.54. The van der Waals surface area contributed by atoms with Gasteiger partial charge < -0.3 is 0 Å². The molecule has 0 radical (unpaired) electrons. The third-order valence-corrected chi connectivity index (χ3v) is 1.76. The Balaban J connectivity index is 3.19. The van der Waals surface area contributed by atoms with E-state index in [1.165, 1.54) is 24.3 Å². The summed E-state index contributed by atoms with van der Waals surface area (Å²) in [6.07, 6.45) is -1.92. The molecule has 0 fully saturated rings. The molecule has 0 bridgehead atoms. The van der Waals surface area contributed by atoms with Crippen molar-refractivity contribution in [1.82, 2.24) is 0 Å². The van der Waals surface area contributed by atoms with Gasteiger partial charge in [0.1, 0.15) is 0 Å². The van der Waals surface area contributed by atoms with Crippen molar-refractivity contribution in [2.45, 2.75) is 13.1 Å². The summed E-state index contributed by atoms with van der Waals surface area (Å²) in [4.78, 5) is 20.5. The normalized spacial score (nSPS) is 12.1. The topological polar surface area (TPSA) is 60.2 Å². The molecule has 1 unspecified atom stereocenters. The van der Waals surface area contributed by atoms with Crippen molar-refractivity contribution >= 4 is 11.5 Å². The monoisotopic (exact) mass is 197 g/mol. The molecule has 0 aliphatic rings. The van der Waals surface area contributed by atoms with Gasteiger partial charge in [-0.05, 0) is 13.0 Å². The number of carbonyl (C=O) groups excluding carboxylic acids is 1. The molecule has 14 heavy (non-hydrogen) atoms. The highest BCUT2D eigenvalue weighted by Gasteiger charge is 2.24. The first-order valence-electron chi connectivity index (χ1n) is 3.92. The first kappa shape index (κ1) is 10.3. The van der Waals surface area contributed by atoms with Crippen LogP contribution in [0.1, 0.15) is 18.7 Å². The number of rotatable bonds is 3. The molecular weight excluding hydrogens is 189 g/mol. The summed E-state index contributed by atoms with van der Waals surface area (Å²) in [5, 5.41) is 10.5. The molecular formula is C9H8FNO3. The molecule has 0 aliphatic carbocycles. The molecule has 1 aromatic rings. The minimum absolute atomic E-state index is 0.190. The van der Waals surface area contributed by atoms with Gasteiger partial charge in [-0.3, -0.25) is 14.9 Å². The SMILES string of the molecule is CC(=O)C(F)c1ccccc1[N+](=O)[O-]. The lowest BCUT2D eigenvalue weighted by atomic mass is 10.1. The minimum Gasteiger partial charge on any atom is -0.296 e. The van der Waals surface area contributed by atoms with Crippen LogP contribution >= 0.6 is 0 Å². The van der Waals surface area contributed by atoms with Gasteiger partial charge in [-0.25, -0.2) is 4.39 Å². The zero-order chi connectivity index (χ0) is 10.7. The molecule has 1 aromatic carbocycles. The zero-order valence-electron chi connectivity index (χ0n) is 7.44. The van der Waals surface area contributed by atoms with Gasteiger partial charge in [0.25, 0.3) is 5.69 Å².